The highest BCUT2D eigenvalue weighted by Gasteiger charge is 2.06. The highest BCUT2D eigenvalue weighted by atomic mass is 15.5. The van der Waals surface area contributed by atoms with E-state index < -0.39 is 0 Å². The molecule has 3 aromatic rings. The first-order valence-corrected chi connectivity index (χ1v) is 3.98. The molecular weight excluding hydrogens is 182 g/mol. The molecule has 0 saturated carbocycles. The molecule has 0 saturated heterocycles. The topological polar surface area (TPSA) is 85.2 Å². The lowest BCUT2D eigenvalue weighted by molar-refractivity contribution is 0.791. The van der Waals surface area contributed by atoms with Crippen LogP contribution in [0.2, 0.25) is 0 Å². The van der Waals surface area contributed by atoms with E-state index >= 15 is 0 Å². The van der Waals surface area contributed by atoms with Crippen molar-refractivity contribution in [3.63, 3.8) is 0 Å². The Hall–Kier alpha value is -2.31. The number of hydrogen-bond acceptors (Lipinski definition) is 5. The summed E-state index contributed by atoms with van der Waals surface area (Å²) in [7, 11) is 0. The molecule has 14 heavy (non-hydrogen) atoms. The van der Waals surface area contributed by atoms with Gasteiger partial charge in [0.05, 0.1) is 5.69 Å². The quantitative estimate of drug-likeness (QED) is 0.576. The monoisotopic (exact) mass is 187 g/mol. The van der Waals surface area contributed by atoms with Crippen LogP contribution in [-0.2, 0) is 0 Å². The van der Waals surface area contributed by atoms with E-state index in [4.69, 9.17) is 0 Å². The molecule has 7 nitrogen and oxygen atoms in total. The summed E-state index contributed by atoms with van der Waals surface area (Å²) >= 11 is 0. The van der Waals surface area contributed by atoms with Gasteiger partial charge < -0.3 is 0 Å². The Balaban J connectivity index is 2.36. The SMILES string of the molecule is c1cc(-n2cnnn2)c2n[nH]nc2c1. The summed E-state index contributed by atoms with van der Waals surface area (Å²) in [5.41, 5.74) is 2.35. The number of rotatable bonds is 1. The zero-order valence-electron chi connectivity index (χ0n) is 6.99. The van der Waals surface area contributed by atoms with Gasteiger partial charge in [0.25, 0.3) is 0 Å². The standard InChI is InChI=1S/C7H5N7/c1-2-5-7(10-12-9-5)6(3-1)14-4-8-11-13-14/h1-4H,(H,9,10,12). The van der Waals surface area contributed by atoms with Crippen LogP contribution >= 0.6 is 0 Å². The smallest absolute Gasteiger partial charge is 0.143 e. The number of tetrazole rings is 1. The maximum atomic E-state index is 4.02. The Labute approximate surface area is 77.7 Å². The summed E-state index contributed by atoms with van der Waals surface area (Å²) in [6.07, 6.45) is 1.52. The second-order valence-electron chi connectivity index (χ2n) is 2.72. The van der Waals surface area contributed by atoms with Crippen molar-refractivity contribution >= 4 is 11.0 Å². The third-order valence-corrected chi connectivity index (χ3v) is 1.92. The second kappa shape index (κ2) is 2.59. The van der Waals surface area contributed by atoms with Crippen LogP contribution in [0.4, 0.5) is 0 Å². The molecule has 68 valence electrons. The van der Waals surface area contributed by atoms with Crippen molar-refractivity contribution in [1.82, 2.24) is 35.6 Å². The number of nitrogens with zero attached hydrogens (tertiary/aromatic N) is 6. The van der Waals surface area contributed by atoms with Gasteiger partial charge in [0.1, 0.15) is 17.4 Å². The van der Waals surface area contributed by atoms with Crippen molar-refractivity contribution in [1.29, 1.82) is 0 Å². The molecule has 2 heterocycles. The Kier molecular flexibility index (Phi) is 1.32. The van der Waals surface area contributed by atoms with E-state index in [-0.39, 0.29) is 0 Å². The lowest BCUT2D eigenvalue weighted by Gasteiger charge is -1.97. The highest BCUT2D eigenvalue weighted by molar-refractivity contribution is 5.82. The Morgan fingerprint density at radius 2 is 2.21 bits per heavy atom. The van der Waals surface area contributed by atoms with Gasteiger partial charge in [-0.2, -0.15) is 20.1 Å². The minimum Gasteiger partial charge on any atom is -0.198 e. The maximum absolute atomic E-state index is 4.02. The van der Waals surface area contributed by atoms with Crippen LogP contribution in [-0.4, -0.2) is 35.6 Å². The first-order chi connectivity index (χ1) is 6.95. The van der Waals surface area contributed by atoms with Crippen LogP contribution in [0.1, 0.15) is 0 Å². The van der Waals surface area contributed by atoms with Crippen molar-refractivity contribution in [2.24, 2.45) is 0 Å². The van der Waals surface area contributed by atoms with Gasteiger partial charge in [-0.25, -0.2) is 0 Å². The summed E-state index contributed by atoms with van der Waals surface area (Å²) in [6.45, 7) is 0. The Bertz CT molecular complexity index is 552. The van der Waals surface area contributed by atoms with E-state index in [2.05, 4.69) is 30.9 Å². The maximum Gasteiger partial charge on any atom is 0.143 e. The third kappa shape index (κ3) is 0.889. The molecule has 0 radical (unpaired) electrons. The summed E-state index contributed by atoms with van der Waals surface area (Å²) in [5, 5.41) is 21.5. The average molecular weight is 187 g/mol. The number of hydrogen-bond donors (Lipinski definition) is 1. The van der Waals surface area contributed by atoms with E-state index in [1.54, 1.807) is 4.68 Å². The number of fused-ring (bicyclic) bond motifs is 1. The van der Waals surface area contributed by atoms with E-state index in [1.807, 2.05) is 18.2 Å². The molecule has 0 aliphatic rings. The Morgan fingerprint density at radius 3 is 3.07 bits per heavy atom. The lowest BCUT2D eigenvalue weighted by atomic mass is 10.3. The summed E-state index contributed by atoms with van der Waals surface area (Å²) in [5.74, 6) is 0. The third-order valence-electron chi connectivity index (χ3n) is 1.92. The molecule has 1 aromatic carbocycles. The molecule has 0 amide bonds. The normalized spacial score (nSPS) is 10.9. The van der Waals surface area contributed by atoms with Crippen molar-refractivity contribution in [2.75, 3.05) is 0 Å². The first-order valence-electron chi connectivity index (χ1n) is 3.98. The van der Waals surface area contributed by atoms with Crippen LogP contribution in [0, 0.1) is 0 Å². The van der Waals surface area contributed by atoms with E-state index in [1.165, 1.54) is 6.33 Å². The van der Waals surface area contributed by atoms with Crippen LogP contribution in [0.5, 0.6) is 0 Å². The number of H-pyrrole nitrogens is 1. The average Bonchev–Trinajstić information content (AvgIpc) is 2.88. The molecule has 0 atom stereocenters. The van der Waals surface area contributed by atoms with Gasteiger partial charge in [0, 0.05) is 0 Å². The fourth-order valence-electron chi connectivity index (χ4n) is 1.31. The molecule has 0 fully saturated rings. The molecular formula is C7H5N7. The fraction of sp³-hybridized carbons (Fsp3) is 0. The molecule has 2 aromatic heterocycles. The first kappa shape index (κ1) is 7.13. The van der Waals surface area contributed by atoms with E-state index in [9.17, 15) is 0 Å². The van der Waals surface area contributed by atoms with Gasteiger partial charge in [-0.15, -0.1) is 5.10 Å². The zero-order chi connectivity index (χ0) is 9.38. The minimum absolute atomic E-state index is 0.750. The van der Waals surface area contributed by atoms with Crippen molar-refractivity contribution in [3.8, 4) is 5.69 Å². The number of aromatic amines is 1. The molecule has 0 aliphatic carbocycles. The van der Waals surface area contributed by atoms with Crippen molar-refractivity contribution < 1.29 is 0 Å². The van der Waals surface area contributed by atoms with Gasteiger partial charge in [0.2, 0.25) is 0 Å². The molecule has 0 unspecified atom stereocenters. The molecule has 3 rings (SSSR count). The van der Waals surface area contributed by atoms with Gasteiger partial charge in [-0.05, 0) is 22.6 Å². The van der Waals surface area contributed by atoms with Crippen molar-refractivity contribution in [2.45, 2.75) is 0 Å². The highest BCUT2D eigenvalue weighted by Crippen LogP contribution is 2.15. The molecule has 0 bridgehead atoms. The van der Waals surface area contributed by atoms with Crippen LogP contribution in [0.15, 0.2) is 24.5 Å². The second-order valence-corrected chi connectivity index (χ2v) is 2.72. The zero-order valence-corrected chi connectivity index (χ0v) is 6.99. The largest absolute Gasteiger partial charge is 0.198 e. The fourth-order valence-corrected chi connectivity index (χ4v) is 1.31. The number of para-hydroxylation sites is 1. The predicted octanol–water partition coefficient (Wildman–Crippen LogP) is -0.0664. The molecule has 1 N–H and O–H groups in total. The van der Waals surface area contributed by atoms with E-state index in [0.29, 0.717) is 0 Å². The van der Waals surface area contributed by atoms with Crippen LogP contribution in [0.25, 0.3) is 16.7 Å². The summed E-state index contributed by atoms with van der Waals surface area (Å²) < 4.78 is 1.55. The van der Waals surface area contributed by atoms with Crippen LogP contribution < -0.4 is 0 Å². The van der Waals surface area contributed by atoms with E-state index in [0.717, 1.165) is 16.7 Å². The molecule has 0 spiro atoms. The minimum atomic E-state index is 0.750. The lowest BCUT2D eigenvalue weighted by Crippen LogP contribution is -1.95. The predicted molar refractivity (Wildman–Crippen MR) is 46.6 cm³/mol. The summed E-state index contributed by atoms with van der Waals surface area (Å²) in [4.78, 5) is 0. The van der Waals surface area contributed by atoms with Crippen molar-refractivity contribution in [3.05, 3.63) is 24.5 Å². The van der Waals surface area contributed by atoms with Gasteiger partial charge in [-0.3, -0.25) is 0 Å². The number of nitrogens with one attached hydrogen (secondary N) is 1. The molecule has 0 aliphatic heterocycles. The van der Waals surface area contributed by atoms with Crippen LogP contribution in [0.3, 0.4) is 0 Å². The molecule has 7 heteroatoms. The number of benzene rings is 1. The van der Waals surface area contributed by atoms with Gasteiger partial charge in [-0.1, -0.05) is 6.07 Å². The van der Waals surface area contributed by atoms with Gasteiger partial charge in [0.15, 0.2) is 0 Å². The Morgan fingerprint density at radius 1 is 1.21 bits per heavy atom. The number of aromatic nitrogens is 7. The summed E-state index contributed by atoms with van der Waals surface area (Å²) in [6, 6.07) is 5.62. The van der Waals surface area contributed by atoms with Gasteiger partial charge >= 0.3 is 0 Å².